The Labute approximate surface area is 605 Å². The Morgan fingerprint density at radius 3 is 0.432 bits per heavy atom. The summed E-state index contributed by atoms with van der Waals surface area (Å²) in [4.78, 5) is 76.3. The van der Waals surface area contributed by atoms with E-state index in [2.05, 4.69) is 19.9 Å². The Morgan fingerprint density at radius 2 is 0.337 bits per heavy atom. The third kappa shape index (κ3) is 43.4. The van der Waals surface area contributed by atoms with Crippen LogP contribution in [0.5, 0.6) is 34.5 Å². The first kappa shape index (κ1) is 89.2. The summed E-state index contributed by atoms with van der Waals surface area (Å²) in [6, 6.07) is 51.7. The average molecular weight is 1600 g/mol. The van der Waals surface area contributed by atoms with Crippen molar-refractivity contribution in [1.29, 1.82) is 0 Å². The van der Waals surface area contributed by atoms with Crippen LogP contribution in [0.3, 0.4) is 0 Å². The number of nitrogens with zero attached hydrogens (tertiary/aromatic N) is 4. The molecule has 6 aromatic carbocycles. The van der Waals surface area contributed by atoms with Crippen molar-refractivity contribution in [3.05, 3.63) is 277 Å². The second kappa shape index (κ2) is 51.5. The first-order valence-corrected chi connectivity index (χ1v) is 26.5. The molecule has 0 bridgehead atoms. The molecule has 2 radical (unpaired) electrons. The fourth-order valence-corrected chi connectivity index (χ4v) is 6.86. The summed E-state index contributed by atoms with van der Waals surface area (Å²) in [5, 5.41) is 113. The van der Waals surface area contributed by atoms with E-state index in [1.165, 1.54) is 95.1 Å². The molecule has 10 aromatic rings. The molecule has 0 saturated heterocycles. The van der Waals surface area contributed by atoms with Crippen LogP contribution < -0.4 is 30.6 Å². The van der Waals surface area contributed by atoms with Crippen LogP contribution >= 0.6 is 0 Å². The summed E-state index contributed by atoms with van der Waals surface area (Å²) in [6.45, 7) is 0. The first-order valence-electron chi connectivity index (χ1n) is 26.5. The Balaban J connectivity index is -0.00000101. The van der Waals surface area contributed by atoms with Gasteiger partial charge in [-0.25, -0.2) is 0 Å². The zero-order chi connectivity index (χ0) is 66.1. The molecule has 0 aliphatic carbocycles. The van der Waals surface area contributed by atoms with E-state index in [1.54, 1.807) is 122 Å². The predicted octanol–water partition coefficient (Wildman–Crippen LogP) is -0.274. The fourth-order valence-electron chi connectivity index (χ4n) is 6.86. The number of carbonyl (C=O) groups excluding carboxylic acids is 6. The summed E-state index contributed by atoms with van der Waals surface area (Å²) in [5.74, 6) is -5.90. The molecule has 25 nitrogen and oxygen atoms in total. The summed E-state index contributed by atoms with van der Waals surface area (Å²) >= 11 is 0. The Morgan fingerprint density at radius 1 is 0.232 bits per heavy atom. The number of hydrogen-bond acceptors (Lipinski definition) is 22. The van der Waals surface area contributed by atoms with E-state index in [1.807, 2.05) is 48.5 Å². The molecule has 0 aliphatic heterocycles. The van der Waals surface area contributed by atoms with E-state index in [9.17, 15) is 59.4 Å². The number of aromatic hydroxyl groups is 6. The van der Waals surface area contributed by atoms with Crippen LogP contribution in [-0.4, -0.2) is 91.9 Å². The minimum atomic E-state index is -1.12. The van der Waals surface area contributed by atoms with Crippen LogP contribution in [0.4, 0.5) is 0 Å². The number of phenolic OH excluding ortho intramolecular Hbond substituents is 6. The Kier molecular flexibility index (Phi) is 48.3. The molecule has 0 spiro atoms. The summed E-state index contributed by atoms with van der Waals surface area (Å²) in [6.07, 6.45) is 13.6. The summed E-state index contributed by atoms with van der Waals surface area (Å²) in [5.41, 5.74) is 8.46. The molecule has 27 heteroatoms. The van der Waals surface area contributed by atoms with E-state index < -0.39 is 35.8 Å². The van der Waals surface area contributed by atoms with Crippen LogP contribution in [-0.2, 0) is 78.2 Å². The maximum Gasteiger partial charge on any atom is 3.00 e. The van der Waals surface area contributed by atoms with E-state index in [4.69, 9.17) is 30.6 Å². The molecule has 0 amide bonds. The van der Waals surface area contributed by atoms with Gasteiger partial charge >= 0.3 is 76.3 Å². The number of aliphatic carboxylic acids is 6. The largest absolute Gasteiger partial charge is 3.00 e. The standard InChI is InChI=1S/2C10H8N2.6C8H8O3.2Dy.3H2O/c2*1-5-11-6-2-9(1)10-3-7-12-8-4-10;6*9-7-3-1-6(2-4-7)5-8(10)11;;;;;/h2*1-8H;6*1-4,9H,5H2,(H,10,11);;;3*1H2/q;;;;;;;;2*+3;;;/p-4. The third-order valence-corrected chi connectivity index (χ3v) is 11.1. The van der Waals surface area contributed by atoms with Gasteiger partial charge in [0.25, 0.3) is 0 Å². The molecule has 4 aromatic heterocycles. The first-order chi connectivity index (χ1) is 43.0. The van der Waals surface area contributed by atoms with Crippen LogP contribution in [0.15, 0.2) is 244 Å². The van der Waals surface area contributed by atoms with Crippen LogP contribution in [0.1, 0.15) is 33.4 Å². The summed E-state index contributed by atoms with van der Waals surface area (Å²) < 4.78 is 0. The van der Waals surface area contributed by atoms with Gasteiger partial charge in [-0.2, -0.15) is 0 Å². The second-order valence-electron chi connectivity index (χ2n) is 18.2. The minimum Gasteiger partial charge on any atom is -0.550 e. The van der Waals surface area contributed by atoms with E-state index in [-0.39, 0.29) is 166 Å². The van der Waals surface area contributed by atoms with E-state index in [0.717, 1.165) is 0 Å². The van der Waals surface area contributed by atoms with Gasteiger partial charge < -0.3 is 106 Å². The van der Waals surface area contributed by atoms with Gasteiger partial charge in [0.2, 0.25) is 0 Å². The van der Waals surface area contributed by atoms with Gasteiger partial charge in [0.15, 0.2) is 0 Å². The molecule has 0 saturated carbocycles. The molecule has 502 valence electrons. The zero-order valence-corrected chi connectivity index (χ0v) is 54.1. The number of benzene rings is 6. The maximum atomic E-state index is 10.1. The van der Waals surface area contributed by atoms with Gasteiger partial charge in [0, 0.05) is 124 Å². The number of pyridine rings is 4. The second-order valence-corrected chi connectivity index (χ2v) is 18.2. The molecule has 14 N–H and O–H groups in total. The number of carboxylic acid groups (broad SMARTS) is 6. The molecule has 4 heterocycles. The van der Waals surface area contributed by atoms with Crippen LogP contribution in [0.2, 0.25) is 0 Å². The number of carbonyl (C=O) groups is 6. The number of rotatable bonds is 14. The molecule has 0 unspecified atom stereocenters. The Bertz CT molecular complexity index is 3110. The minimum absolute atomic E-state index is 0. The van der Waals surface area contributed by atoms with Crippen LogP contribution in [0.25, 0.3) is 22.3 Å². The smallest absolute Gasteiger partial charge is 0.550 e. The average Bonchev–Trinajstić information content (AvgIpc) is 3.10. The molecule has 0 atom stereocenters. The van der Waals surface area contributed by atoms with Gasteiger partial charge in [-0.1, -0.05) is 72.8 Å². The van der Waals surface area contributed by atoms with Crippen molar-refractivity contribution in [3.8, 4) is 56.8 Å². The van der Waals surface area contributed by atoms with Crippen molar-refractivity contribution in [1.82, 2.24) is 19.9 Å². The maximum absolute atomic E-state index is 10.1. The molecule has 95 heavy (non-hydrogen) atoms. The van der Waals surface area contributed by atoms with Crippen molar-refractivity contribution in [2.75, 3.05) is 0 Å². The molecule has 10 rings (SSSR count). The number of hydrogen-bond donors (Lipinski definition) is 6. The molecule has 0 fully saturated rings. The van der Waals surface area contributed by atoms with Crippen molar-refractivity contribution >= 4 is 35.8 Å². The topological polar surface area (TPSA) is 511 Å². The van der Waals surface area contributed by atoms with Gasteiger partial charge in [0.05, 0.1) is 0 Å². The molecular weight excluding hydrogens is 1530 g/mol. The Hall–Kier alpha value is -10.0. The summed E-state index contributed by atoms with van der Waals surface area (Å²) in [7, 11) is 0. The van der Waals surface area contributed by atoms with Crippen molar-refractivity contribution in [2.45, 2.75) is 38.5 Å². The SMILES string of the molecule is O.O=C([O-])Cc1ccc(O)cc1.O=C([O-])Cc1ccc(O)cc1.O=C([O-])Cc1ccc(O)cc1.O=C([O-])Cc1ccc(O)cc1.O=C([O-])Cc1ccc(O)cc1.O=C([O-])Cc1ccc(O)cc1.[Dy+3].[Dy+3].[OH3+].[OH3+].c1cc(-c2ccncc2)ccn1.c1cc(-c2ccncc2)ccn1. The number of phenols is 6. The predicted molar refractivity (Wildman–Crippen MR) is 329 cm³/mol. The number of aromatic nitrogens is 4. The van der Waals surface area contributed by atoms with E-state index >= 15 is 0 Å². The fraction of sp³-hybridized carbons (Fsp3) is 0.0882. The quantitative estimate of drug-likeness (QED) is 0.0763. The monoisotopic (exact) mass is 1600 g/mol. The third-order valence-electron chi connectivity index (χ3n) is 11.1. The number of carboxylic acids is 6. The molecule has 0 aliphatic rings. The van der Waals surface area contributed by atoms with Gasteiger partial charge in [-0.15, -0.1) is 0 Å². The zero-order valence-electron chi connectivity index (χ0n) is 50.0. The van der Waals surface area contributed by atoms with E-state index in [0.29, 0.717) is 33.4 Å². The van der Waals surface area contributed by atoms with Crippen LogP contribution in [0, 0.1) is 76.3 Å². The molecular formula is C68H66Dy2N4O21+2. The van der Waals surface area contributed by atoms with Gasteiger partial charge in [0.1, 0.15) is 34.5 Å². The normalized spacial score (nSPS) is 9.01. The van der Waals surface area contributed by atoms with Crippen molar-refractivity contribution < 1.29 is 183 Å². The van der Waals surface area contributed by atoms with Gasteiger partial charge in [-0.3, -0.25) is 19.9 Å². The van der Waals surface area contributed by atoms with Crippen molar-refractivity contribution in [3.63, 3.8) is 0 Å². The van der Waals surface area contributed by atoms with Gasteiger partial charge in [-0.05, 0) is 177 Å². The van der Waals surface area contributed by atoms with Crippen molar-refractivity contribution in [2.24, 2.45) is 0 Å².